The van der Waals surface area contributed by atoms with E-state index >= 15 is 0 Å². The van der Waals surface area contributed by atoms with Crippen LogP contribution in [0.15, 0.2) is 42.5 Å². The summed E-state index contributed by atoms with van der Waals surface area (Å²) in [5.74, 6) is -0.886. The largest absolute Gasteiger partial charge is 0.365 e. The quantitative estimate of drug-likeness (QED) is 0.800. The highest BCUT2D eigenvalue weighted by Gasteiger charge is 2.22. The molecule has 4 nitrogen and oxygen atoms in total. The minimum Gasteiger partial charge on any atom is -0.365 e. The van der Waals surface area contributed by atoms with Crippen LogP contribution in [-0.2, 0) is 7.05 Å². The van der Waals surface area contributed by atoms with Crippen molar-refractivity contribution < 1.29 is 9.18 Å². The summed E-state index contributed by atoms with van der Waals surface area (Å²) in [6.07, 6.45) is 0. The zero-order valence-corrected chi connectivity index (χ0v) is 13.8. The molecule has 0 bridgehead atoms. The Balaban J connectivity index is 2.31. The number of amides is 1. The third-order valence-electron chi connectivity index (χ3n) is 4.07. The van der Waals surface area contributed by atoms with Crippen LogP contribution in [0.5, 0.6) is 0 Å². The molecule has 0 aliphatic rings. The van der Waals surface area contributed by atoms with Gasteiger partial charge in [0.1, 0.15) is 5.82 Å². The zero-order chi connectivity index (χ0) is 17.4. The van der Waals surface area contributed by atoms with Gasteiger partial charge in [-0.3, -0.25) is 9.48 Å². The molecule has 122 valence electrons. The number of hydrogen-bond acceptors (Lipinski definition) is 2. The molecule has 3 rings (SSSR count). The molecule has 1 aromatic heterocycles. The molecule has 1 heterocycles. The second-order valence-corrected chi connectivity index (χ2v) is 5.85. The monoisotopic (exact) mass is 323 g/mol. The van der Waals surface area contributed by atoms with Gasteiger partial charge in [-0.1, -0.05) is 29.8 Å². The Morgan fingerprint density at radius 2 is 1.75 bits per heavy atom. The number of carbonyl (C=O) groups excluding carboxylic acids is 1. The lowest BCUT2D eigenvalue weighted by Crippen LogP contribution is -2.13. The fraction of sp³-hybridized carbons (Fsp3) is 0.158. The number of aromatic nitrogens is 2. The molecule has 24 heavy (non-hydrogen) atoms. The molecule has 3 aromatic rings. The van der Waals surface area contributed by atoms with E-state index in [-0.39, 0.29) is 5.82 Å². The molecule has 2 N–H and O–H groups in total. The third-order valence-corrected chi connectivity index (χ3v) is 4.07. The summed E-state index contributed by atoms with van der Waals surface area (Å²) in [4.78, 5) is 11.9. The Kier molecular flexibility index (Phi) is 3.93. The average molecular weight is 323 g/mol. The molecule has 0 aliphatic heterocycles. The number of carbonyl (C=O) groups is 1. The molecule has 0 radical (unpaired) electrons. The Hall–Kier alpha value is -2.95. The fourth-order valence-electron chi connectivity index (χ4n) is 2.96. The third kappa shape index (κ3) is 2.69. The van der Waals surface area contributed by atoms with Crippen molar-refractivity contribution in [2.45, 2.75) is 13.8 Å². The van der Waals surface area contributed by atoms with Crippen molar-refractivity contribution >= 4 is 5.91 Å². The molecule has 0 saturated heterocycles. The fourth-order valence-corrected chi connectivity index (χ4v) is 2.96. The SMILES string of the molecule is Cc1ccc(-c2cc(F)ccc2-c2c(C(N)=O)c(C)nn2C)cc1. The van der Waals surface area contributed by atoms with Crippen LogP contribution in [0.3, 0.4) is 0 Å². The van der Waals surface area contributed by atoms with Crippen LogP contribution < -0.4 is 5.73 Å². The number of primary amides is 1. The molecule has 0 atom stereocenters. The van der Waals surface area contributed by atoms with E-state index in [1.54, 1.807) is 24.7 Å². The summed E-state index contributed by atoms with van der Waals surface area (Å²) in [6, 6.07) is 12.3. The van der Waals surface area contributed by atoms with E-state index in [1.807, 2.05) is 31.2 Å². The predicted molar refractivity (Wildman–Crippen MR) is 92.0 cm³/mol. The summed E-state index contributed by atoms with van der Waals surface area (Å²) in [5.41, 5.74) is 10.4. The molecule has 0 spiro atoms. The first-order valence-corrected chi connectivity index (χ1v) is 7.59. The van der Waals surface area contributed by atoms with Crippen LogP contribution in [-0.4, -0.2) is 15.7 Å². The normalized spacial score (nSPS) is 10.8. The second kappa shape index (κ2) is 5.92. The van der Waals surface area contributed by atoms with E-state index in [2.05, 4.69) is 5.10 Å². The van der Waals surface area contributed by atoms with Crippen molar-refractivity contribution in [3.05, 3.63) is 65.1 Å². The number of halogens is 1. The summed E-state index contributed by atoms with van der Waals surface area (Å²) in [5, 5.41) is 4.30. The van der Waals surface area contributed by atoms with Crippen molar-refractivity contribution in [3.8, 4) is 22.4 Å². The number of nitrogens with two attached hydrogens (primary N) is 1. The number of rotatable bonds is 3. The smallest absolute Gasteiger partial charge is 0.252 e. The number of nitrogens with zero attached hydrogens (tertiary/aromatic N) is 2. The Bertz CT molecular complexity index is 927. The van der Waals surface area contributed by atoms with Crippen LogP contribution in [0.1, 0.15) is 21.6 Å². The van der Waals surface area contributed by atoms with Crippen molar-refractivity contribution in [2.75, 3.05) is 0 Å². The van der Waals surface area contributed by atoms with Crippen LogP contribution in [0.4, 0.5) is 4.39 Å². The number of benzene rings is 2. The zero-order valence-electron chi connectivity index (χ0n) is 13.8. The molecular formula is C19H18FN3O. The Labute approximate surface area is 139 Å². The van der Waals surface area contributed by atoms with Gasteiger partial charge < -0.3 is 5.73 Å². The van der Waals surface area contributed by atoms with Gasteiger partial charge in [-0.2, -0.15) is 5.10 Å². The van der Waals surface area contributed by atoms with Gasteiger partial charge in [-0.05, 0) is 43.2 Å². The minimum atomic E-state index is -0.546. The first kappa shape index (κ1) is 15.9. The van der Waals surface area contributed by atoms with Crippen LogP contribution >= 0.6 is 0 Å². The molecule has 0 unspecified atom stereocenters. The minimum absolute atomic E-state index is 0.339. The second-order valence-electron chi connectivity index (χ2n) is 5.85. The Morgan fingerprint density at radius 3 is 2.38 bits per heavy atom. The number of hydrogen-bond donors (Lipinski definition) is 1. The first-order valence-electron chi connectivity index (χ1n) is 7.59. The van der Waals surface area contributed by atoms with E-state index in [0.717, 1.165) is 16.7 Å². The van der Waals surface area contributed by atoms with Gasteiger partial charge in [0.15, 0.2) is 0 Å². The van der Waals surface area contributed by atoms with Gasteiger partial charge in [0, 0.05) is 12.6 Å². The van der Waals surface area contributed by atoms with E-state index in [0.29, 0.717) is 22.5 Å². The van der Waals surface area contributed by atoms with E-state index < -0.39 is 5.91 Å². The van der Waals surface area contributed by atoms with E-state index in [1.165, 1.54) is 12.1 Å². The molecule has 1 amide bonds. The molecule has 2 aromatic carbocycles. The van der Waals surface area contributed by atoms with Crippen LogP contribution in [0.25, 0.3) is 22.4 Å². The average Bonchev–Trinajstić information content (AvgIpc) is 2.82. The Morgan fingerprint density at radius 1 is 1.08 bits per heavy atom. The lowest BCUT2D eigenvalue weighted by atomic mass is 9.94. The highest BCUT2D eigenvalue weighted by molar-refractivity contribution is 6.02. The highest BCUT2D eigenvalue weighted by Crippen LogP contribution is 2.35. The van der Waals surface area contributed by atoms with Gasteiger partial charge in [-0.25, -0.2) is 4.39 Å². The van der Waals surface area contributed by atoms with Crippen molar-refractivity contribution in [3.63, 3.8) is 0 Å². The maximum Gasteiger partial charge on any atom is 0.252 e. The van der Waals surface area contributed by atoms with Crippen molar-refractivity contribution in [2.24, 2.45) is 12.8 Å². The topological polar surface area (TPSA) is 60.9 Å². The first-order chi connectivity index (χ1) is 11.4. The van der Waals surface area contributed by atoms with Crippen molar-refractivity contribution in [1.82, 2.24) is 9.78 Å². The lowest BCUT2D eigenvalue weighted by molar-refractivity contribution is 0.100. The molecule has 5 heteroatoms. The van der Waals surface area contributed by atoms with Crippen LogP contribution in [0.2, 0.25) is 0 Å². The maximum absolute atomic E-state index is 13.9. The van der Waals surface area contributed by atoms with Gasteiger partial charge in [0.25, 0.3) is 5.91 Å². The van der Waals surface area contributed by atoms with Crippen LogP contribution in [0, 0.1) is 19.7 Å². The lowest BCUT2D eigenvalue weighted by Gasteiger charge is -2.12. The van der Waals surface area contributed by atoms with Gasteiger partial charge in [-0.15, -0.1) is 0 Å². The van der Waals surface area contributed by atoms with Crippen molar-refractivity contribution in [1.29, 1.82) is 0 Å². The predicted octanol–water partition coefficient (Wildman–Crippen LogP) is 3.61. The summed E-state index contributed by atoms with van der Waals surface area (Å²) in [6.45, 7) is 3.73. The highest BCUT2D eigenvalue weighted by atomic mass is 19.1. The van der Waals surface area contributed by atoms with E-state index in [4.69, 9.17) is 5.73 Å². The van der Waals surface area contributed by atoms with Gasteiger partial charge >= 0.3 is 0 Å². The summed E-state index contributed by atoms with van der Waals surface area (Å²) < 4.78 is 15.5. The maximum atomic E-state index is 13.9. The van der Waals surface area contributed by atoms with Gasteiger partial charge in [0.05, 0.1) is 17.0 Å². The van der Waals surface area contributed by atoms with E-state index in [9.17, 15) is 9.18 Å². The summed E-state index contributed by atoms with van der Waals surface area (Å²) >= 11 is 0. The molecule has 0 saturated carbocycles. The standard InChI is InChI=1S/C19H18FN3O/c1-11-4-6-13(7-5-11)16-10-14(20)8-9-15(16)18-17(19(21)24)12(2)22-23(18)3/h4-10H,1-3H3,(H2,21,24). The molecular weight excluding hydrogens is 305 g/mol. The summed E-state index contributed by atoms with van der Waals surface area (Å²) in [7, 11) is 1.75. The molecule has 0 aliphatic carbocycles. The number of aryl methyl sites for hydroxylation is 3. The van der Waals surface area contributed by atoms with Gasteiger partial charge in [0.2, 0.25) is 0 Å². The molecule has 0 fully saturated rings.